The van der Waals surface area contributed by atoms with Crippen LogP contribution in [0.5, 0.6) is 0 Å². The van der Waals surface area contributed by atoms with Crippen molar-refractivity contribution < 1.29 is 4.79 Å². The van der Waals surface area contributed by atoms with Crippen LogP contribution in [0.1, 0.15) is 36.8 Å². The highest BCUT2D eigenvalue weighted by Gasteiger charge is 2.38. The van der Waals surface area contributed by atoms with Gasteiger partial charge in [0.15, 0.2) is 5.13 Å². The van der Waals surface area contributed by atoms with Crippen LogP contribution in [0.15, 0.2) is 0 Å². The molecule has 0 bridgehead atoms. The molecule has 128 valence electrons. The van der Waals surface area contributed by atoms with Crippen molar-refractivity contribution in [1.82, 2.24) is 14.8 Å². The maximum Gasteiger partial charge on any atom is 0.323 e. The number of aryl methyl sites for hydroxylation is 1. The van der Waals surface area contributed by atoms with Crippen LogP contribution in [0, 0.1) is 17.2 Å². The average molecular weight is 345 g/mol. The molecular weight excluding hydrogens is 322 g/mol. The third-order valence-corrected chi connectivity index (χ3v) is 6.31. The summed E-state index contributed by atoms with van der Waals surface area (Å²) in [6.45, 7) is 4.23. The van der Waals surface area contributed by atoms with E-state index in [1.54, 1.807) is 16.2 Å². The van der Waals surface area contributed by atoms with Crippen LogP contribution >= 0.6 is 11.3 Å². The third kappa shape index (κ3) is 3.13. The van der Waals surface area contributed by atoms with Crippen LogP contribution in [-0.2, 0) is 12.8 Å². The Morgan fingerprint density at radius 3 is 2.96 bits per heavy atom. The molecule has 0 aromatic carbocycles. The molecule has 0 spiro atoms. The molecule has 1 aromatic heterocycles. The summed E-state index contributed by atoms with van der Waals surface area (Å²) in [5.74, 6) is 0.702. The number of rotatable bonds is 2. The molecule has 1 N–H and O–H groups in total. The number of urea groups is 1. The Kier molecular flexibility index (Phi) is 4.19. The number of hydrogen-bond donors (Lipinski definition) is 1. The van der Waals surface area contributed by atoms with E-state index in [1.807, 2.05) is 0 Å². The summed E-state index contributed by atoms with van der Waals surface area (Å²) < 4.78 is 0. The molecule has 1 aliphatic heterocycles. The highest BCUT2D eigenvalue weighted by Crippen LogP contribution is 2.33. The molecule has 3 aliphatic rings. The maximum absolute atomic E-state index is 12.6. The fraction of sp³-hybridized carbons (Fsp3) is 0.706. The zero-order valence-electron chi connectivity index (χ0n) is 14.0. The monoisotopic (exact) mass is 345 g/mol. The minimum atomic E-state index is -0.178. The topological polar surface area (TPSA) is 72.3 Å². The molecule has 1 saturated carbocycles. The van der Waals surface area contributed by atoms with Crippen LogP contribution in [0.4, 0.5) is 9.93 Å². The Labute approximate surface area is 146 Å². The smallest absolute Gasteiger partial charge is 0.321 e. The zero-order valence-corrected chi connectivity index (χ0v) is 14.8. The Bertz CT molecular complexity index is 677. The van der Waals surface area contributed by atoms with Crippen molar-refractivity contribution in [2.45, 2.75) is 51.1 Å². The van der Waals surface area contributed by atoms with E-state index in [2.05, 4.69) is 28.2 Å². The van der Waals surface area contributed by atoms with Crippen LogP contribution in [0.2, 0.25) is 0 Å². The van der Waals surface area contributed by atoms with Gasteiger partial charge in [0.2, 0.25) is 0 Å². The zero-order chi connectivity index (χ0) is 16.7. The van der Waals surface area contributed by atoms with E-state index >= 15 is 0 Å². The van der Waals surface area contributed by atoms with E-state index in [9.17, 15) is 10.1 Å². The molecule has 2 atom stereocenters. The summed E-state index contributed by atoms with van der Waals surface area (Å²) in [6, 6.07) is 2.62. The van der Waals surface area contributed by atoms with Crippen molar-refractivity contribution in [2.75, 3.05) is 25.0 Å². The van der Waals surface area contributed by atoms with Gasteiger partial charge in [-0.15, -0.1) is 11.3 Å². The Morgan fingerprint density at radius 2 is 2.21 bits per heavy atom. The lowest BCUT2D eigenvalue weighted by molar-refractivity contribution is 0.114. The molecular formula is C17H23N5OS. The number of amides is 2. The molecule has 2 heterocycles. The summed E-state index contributed by atoms with van der Waals surface area (Å²) in [5, 5.41) is 13.1. The van der Waals surface area contributed by atoms with E-state index in [-0.39, 0.29) is 12.1 Å². The van der Waals surface area contributed by atoms with Gasteiger partial charge in [0.05, 0.1) is 18.3 Å². The second-order valence-corrected chi connectivity index (χ2v) is 8.31. The maximum atomic E-state index is 12.6. The number of carbonyl (C=O) groups is 1. The van der Waals surface area contributed by atoms with Crippen LogP contribution in [0.3, 0.4) is 0 Å². The Morgan fingerprint density at radius 1 is 1.38 bits per heavy atom. The van der Waals surface area contributed by atoms with E-state index in [1.165, 1.54) is 24.1 Å². The number of thiazole rings is 1. The van der Waals surface area contributed by atoms with Gasteiger partial charge in [0.25, 0.3) is 0 Å². The largest absolute Gasteiger partial charge is 0.323 e. The van der Waals surface area contributed by atoms with E-state index in [4.69, 9.17) is 0 Å². The normalized spacial score (nSPS) is 27.4. The molecule has 2 amide bonds. The number of aromatic nitrogens is 1. The van der Waals surface area contributed by atoms with Crippen molar-refractivity contribution in [3.63, 3.8) is 0 Å². The number of hydrogen-bond acceptors (Lipinski definition) is 5. The van der Waals surface area contributed by atoms with Gasteiger partial charge in [-0.25, -0.2) is 9.78 Å². The minimum Gasteiger partial charge on any atom is -0.321 e. The first-order valence-corrected chi connectivity index (χ1v) is 9.65. The van der Waals surface area contributed by atoms with Gasteiger partial charge in [0, 0.05) is 24.0 Å². The van der Waals surface area contributed by atoms with Crippen molar-refractivity contribution in [3.8, 4) is 6.07 Å². The minimum absolute atomic E-state index is 0.121. The first-order valence-electron chi connectivity index (χ1n) is 8.84. The summed E-state index contributed by atoms with van der Waals surface area (Å²) >= 11 is 1.61. The summed E-state index contributed by atoms with van der Waals surface area (Å²) in [4.78, 5) is 22.5. The highest BCUT2D eigenvalue weighted by molar-refractivity contribution is 7.15. The molecule has 4 rings (SSSR count). The molecule has 7 heteroatoms. The van der Waals surface area contributed by atoms with Crippen molar-refractivity contribution in [1.29, 1.82) is 5.26 Å². The number of nitriles is 1. The van der Waals surface area contributed by atoms with Crippen molar-refractivity contribution in [3.05, 3.63) is 10.6 Å². The number of fused-ring (bicyclic) bond motifs is 1. The number of piperazine rings is 1. The lowest BCUT2D eigenvalue weighted by Gasteiger charge is -2.38. The second-order valence-electron chi connectivity index (χ2n) is 7.23. The number of nitrogens with one attached hydrogen (secondary N) is 1. The second kappa shape index (κ2) is 6.34. The quantitative estimate of drug-likeness (QED) is 0.894. The van der Waals surface area contributed by atoms with Crippen LogP contribution < -0.4 is 5.32 Å². The number of nitrogens with zero attached hydrogens (tertiary/aromatic N) is 4. The van der Waals surface area contributed by atoms with Crippen molar-refractivity contribution in [2.24, 2.45) is 5.92 Å². The standard InChI is InChI=1S/C17H23N5OS/c1-11-2-5-14-15(8-11)24-16(19-14)20-17(23)21-6-7-22(12-3-4-12)13(9-18)10-21/h11-13H,2-8,10H2,1H3,(H,19,20,23). The van der Waals surface area contributed by atoms with Gasteiger partial charge in [-0.1, -0.05) is 6.92 Å². The Hall–Kier alpha value is -1.65. The van der Waals surface area contributed by atoms with Gasteiger partial charge in [-0.3, -0.25) is 10.2 Å². The van der Waals surface area contributed by atoms with Crippen LogP contribution in [0.25, 0.3) is 0 Å². The predicted molar refractivity (Wildman–Crippen MR) is 93.0 cm³/mol. The predicted octanol–water partition coefficient (Wildman–Crippen LogP) is 2.47. The van der Waals surface area contributed by atoms with Crippen molar-refractivity contribution >= 4 is 22.5 Å². The van der Waals surface area contributed by atoms with Gasteiger partial charge in [-0.05, 0) is 38.0 Å². The van der Waals surface area contributed by atoms with E-state index < -0.39 is 0 Å². The number of anilines is 1. The molecule has 1 saturated heterocycles. The summed E-state index contributed by atoms with van der Waals surface area (Å²) in [6.07, 6.45) is 5.64. The highest BCUT2D eigenvalue weighted by atomic mass is 32.1. The van der Waals surface area contributed by atoms with E-state index in [0.29, 0.717) is 30.2 Å². The Balaban J connectivity index is 1.39. The summed E-state index contributed by atoms with van der Waals surface area (Å²) in [7, 11) is 0. The molecule has 1 aromatic rings. The molecule has 6 nitrogen and oxygen atoms in total. The molecule has 0 radical (unpaired) electrons. The lowest BCUT2D eigenvalue weighted by Crippen LogP contribution is -2.55. The molecule has 24 heavy (non-hydrogen) atoms. The van der Waals surface area contributed by atoms with Crippen LogP contribution in [-0.4, -0.2) is 52.5 Å². The third-order valence-electron chi connectivity index (χ3n) is 5.27. The van der Waals surface area contributed by atoms with Gasteiger partial charge in [-0.2, -0.15) is 5.26 Å². The SMILES string of the molecule is CC1CCc2nc(NC(=O)N3CCN(C4CC4)C(C#N)C3)sc2C1. The molecule has 2 fully saturated rings. The molecule has 2 aliphatic carbocycles. The van der Waals surface area contributed by atoms with E-state index in [0.717, 1.165) is 25.1 Å². The fourth-order valence-corrected chi connectivity index (χ4v) is 4.86. The summed E-state index contributed by atoms with van der Waals surface area (Å²) in [5.41, 5.74) is 1.15. The molecule has 2 unspecified atom stereocenters. The lowest BCUT2D eigenvalue weighted by atomic mass is 9.93. The fourth-order valence-electron chi connectivity index (χ4n) is 3.70. The first-order chi connectivity index (χ1) is 11.6. The van der Waals surface area contributed by atoms with Gasteiger partial charge < -0.3 is 4.90 Å². The number of carbonyl (C=O) groups excluding carboxylic acids is 1. The average Bonchev–Trinajstić information content (AvgIpc) is 3.35. The van der Waals surface area contributed by atoms with Gasteiger partial charge in [0.1, 0.15) is 6.04 Å². The van der Waals surface area contributed by atoms with Gasteiger partial charge >= 0.3 is 6.03 Å². The first kappa shape index (κ1) is 15.9.